The highest BCUT2D eigenvalue weighted by Gasteiger charge is 2.49. The zero-order valence-electron chi connectivity index (χ0n) is 14.3. The molecule has 2 aliphatic rings. The summed E-state index contributed by atoms with van der Waals surface area (Å²) in [6, 6.07) is 16.4. The van der Waals surface area contributed by atoms with Crippen molar-refractivity contribution in [2.75, 3.05) is 16.4 Å². The average molecular weight is 421 g/mol. The monoisotopic (exact) mass is 420 g/mol. The van der Waals surface area contributed by atoms with E-state index >= 15 is 0 Å². The molecule has 2 heterocycles. The first-order valence-electron chi connectivity index (χ1n) is 8.49. The van der Waals surface area contributed by atoms with Crippen LogP contribution in [0.15, 0.2) is 59.6 Å². The zero-order chi connectivity index (χ0) is 19.0. The molecular formula is C19H17ClN2O3S2. The van der Waals surface area contributed by atoms with Crippen molar-refractivity contribution in [3.05, 3.63) is 65.2 Å². The summed E-state index contributed by atoms with van der Waals surface area (Å²) in [5.41, 5.74) is 1.69. The molecule has 0 spiro atoms. The Balaban J connectivity index is 1.64. The molecule has 0 radical (unpaired) electrons. The van der Waals surface area contributed by atoms with Gasteiger partial charge in [0.25, 0.3) is 5.91 Å². The Morgan fingerprint density at radius 3 is 2.52 bits per heavy atom. The molecule has 1 amide bonds. The lowest BCUT2D eigenvalue weighted by Crippen LogP contribution is -2.37. The van der Waals surface area contributed by atoms with Gasteiger partial charge < -0.3 is 4.90 Å². The van der Waals surface area contributed by atoms with Crippen molar-refractivity contribution in [2.24, 2.45) is 4.99 Å². The number of amidine groups is 1. The maximum atomic E-state index is 12.5. The molecule has 2 atom stereocenters. The van der Waals surface area contributed by atoms with Gasteiger partial charge in [-0.2, -0.15) is 4.99 Å². The number of fused-ring (bicyclic) bond motifs is 1. The second-order valence-corrected chi connectivity index (χ2v) is 10.4. The molecule has 140 valence electrons. The zero-order valence-corrected chi connectivity index (χ0v) is 16.7. The van der Waals surface area contributed by atoms with Crippen molar-refractivity contribution in [2.45, 2.75) is 17.7 Å². The van der Waals surface area contributed by atoms with Gasteiger partial charge in [0.2, 0.25) is 0 Å². The van der Waals surface area contributed by atoms with Gasteiger partial charge in [-0.15, -0.1) is 0 Å². The molecule has 0 saturated carbocycles. The molecule has 4 rings (SSSR count). The summed E-state index contributed by atoms with van der Waals surface area (Å²) in [7, 11) is -3.08. The predicted octanol–water partition coefficient (Wildman–Crippen LogP) is 3.18. The van der Waals surface area contributed by atoms with E-state index in [2.05, 4.69) is 4.99 Å². The number of rotatable bonds is 3. The second kappa shape index (κ2) is 7.30. The van der Waals surface area contributed by atoms with E-state index in [-0.39, 0.29) is 35.1 Å². The molecule has 0 aromatic heterocycles. The number of hydrogen-bond acceptors (Lipinski definition) is 4. The van der Waals surface area contributed by atoms with Crippen molar-refractivity contribution in [1.82, 2.24) is 0 Å². The van der Waals surface area contributed by atoms with Crippen LogP contribution in [0.3, 0.4) is 0 Å². The molecule has 0 unspecified atom stereocenters. The Labute approximate surface area is 167 Å². The number of amides is 1. The minimum absolute atomic E-state index is 0.0686. The van der Waals surface area contributed by atoms with Crippen LogP contribution in [0.4, 0.5) is 5.69 Å². The number of halogens is 1. The minimum Gasteiger partial charge on any atom is -0.316 e. The first-order valence-corrected chi connectivity index (χ1v) is 11.6. The Morgan fingerprint density at radius 1 is 1.11 bits per heavy atom. The highest BCUT2D eigenvalue weighted by molar-refractivity contribution is 8.16. The van der Waals surface area contributed by atoms with Crippen molar-refractivity contribution in [3.63, 3.8) is 0 Å². The van der Waals surface area contributed by atoms with Gasteiger partial charge in [-0.25, -0.2) is 8.42 Å². The molecule has 0 aliphatic carbocycles. The molecule has 5 nitrogen and oxygen atoms in total. The summed E-state index contributed by atoms with van der Waals surface area (Å²) >= 11 is 7.35. The van der Waals surface area contributed by atoms with Gasteiger partial charge in [0.1, 0.15) is 0 Å². The van der Waals surface area contributed by atoms with Crippen LogP contribution in [-0.2, 0) is 21.1 Å². The molecule has 2 saturated heterocycles. The Hall–Kier alpha value is -1.83. The van der Waals surface area contributed by atoms with Crippen molar-refractivity contribution < 1.29 is 13.2 Å². The Kier molecular flexibility index (Phi) is 5.01. The fraction of sp³-hybridized carbons (Fsp3) is 0.263. The van der Waals surface area contributed by atoms with Crippen molar-refractivity contribution in [1.29, 1.82) is 0 Å². The maximum Gasteiger partial charge on any atom is 0.252 e. The number of hydrogen-bond donors (Lipinski definition) is 0. The van der Waals surface area contributed by atoms with E-state index in [1.807, 2.05) is 47.4 Å². The number of anilines is 1. The number of carbonyl (C=O) groups is 1. The summed E-state index contributed by atoms with van der Waals surface area (Å²) in [5, 5.41) is 1.04. The fourth-order valence-corrected chi connectivity index (χ4v) is 7.44. The van der Waals surface area contributed by atoms with Crippen LogP contribution in [0.2, 0.25) is 5.02 Å². The summed E-state index contributed by atoms with van der Waals surface area (Å²) in [6.07, 6.45) is 0.215. The van der Waals surface area contributed by atoms with Crippen molar-refractivity contribution >= 4 is 50.0 Å². The third-order valence-electron chi connectivity index (χ3n) is 4.59. The van der Waals surface area contributed by atoms with E-state index < -0.39 is 9.84 Å². The third-order valence-corrected chi connectivity index (χ3v) is 8.05. The van der Waals surface area contributed by atoms with Crippen LogP contribution in [-0.4, -0.2) is 42.3 Å². The fourth-order valence-electron chi connectivity index (χ4n) is 3.38. The maximum absolute atomic E-state index is 12.5. The summed E-state index contributed by atoms with van der Waals surface area (Å²) in [4.78, 5) is 18.7. The predicted molar refractivity (Wildman–Crippen MR) is 110 cm³/mol. The van der Waals surface area contributed by atoms with E-state index in [4.69, 9.17) is 11.6 Å². The van der Waals surface area contributed by atoms with Gasteiger partial charge in [-0.05, 0) is 29.8 Å². The standard InChI is InChI=1S/C19H17ClN2O3S2/c20-14-6-8-15(9-7-14)22-16-11-27(24,25)12-17(16)26-19(22)21-18(23)10-13-4-2-1-3-5-13/h1-9,16-17H,10-12H2/t16-,17-/m1/s1. The Bertz CT molecular complexity index is 991. The van der Waals surface area contributed by atoms with Gasteiger partial charge in [-0.1, -0.05) is 53.7 Å². The number of thioether (sulfide) groups is 1. The first kappa shape index (κ1) is 18.5. The smallest absolute Gasteiger partial charge is 0.252 e. The van der Waals surface area contributed by atoms with E-state index in [0.717, 1.165) is 11.3 Å². The summed E-state index contributed by atoms with van der Waals surface area (Å²) < 4.78 is 24.2. The SMILES string of the molecule is O=C(Cc1ccccc1)N=C1S[C@@H]2CS(=O)(=O)C[C@H]2N1c1ccc(Cl)cc1. The van der Waals surface area contributed by atoms with Crippen LogP contribution in [0.5, 0.6) is 0 Å². The lowest BCUT2D eigenvalue weighted by atomic mass is 10.1. The highest BCUT2D eigenvalue weighted by Crippen LogP contribution is 2.41. The van der Waals surface area contributed by atoms with Gasteiger partial charge in [-0.3, -0.25) is 4.79 Å². The minimum atomic E-state index is -3.08. The molecule has 8 heteroatoms. The van der Waals surface area contributed by atoms with Crippen LogP contribution in [0, 0.1) is 0 Å². The van der Waals surface area contributed by atoms with Crippen LogP contribution < -0.4 is 4.90 Å². The lowest BCUT2D eigenvalue weighted by molar-refractivity contribution is -0.117. The number of aliphatic imine (C=N–C) groups is 1. The number of carbonyl (C=O) groups excluding carboxylic acids is 1. The summed E-state index contributed by atoms with van der Waals surface area (Å²) in [5.74, 6) is -0.0668. The van der Waals surface area contributed by atoms with Crippen LogP contribution in [0.1, 0.15) is 5.56 Å². The number of sulfone groups is 1. The second-order valence-electron chi connectivity index (χ2n) is 6.60. The van der Waals surface area contributed by atoms with Gasteiger partial charge in [0.05, 0.1) is 24.0 Å². The van der Waals surface area contributed by atoms with E-state index in [0.29, 0.717) is 10.2 Å². The molecule has 2 aromatic carbocycles. The molecule has 0 N–H and O–H groups in total. The molecule has 27 heavy (non-hydrogen) atoms. The van der Waals surface area contributed by atoms with Gasteiger partial charge >= 0.3 is 0 Å². The third kappa shape index (κ3) is 4.05. The molecule has 2 fully saturated rings. The summed E-state index contributed by atoms with van der Waals surface area (Å²) in [6.45, 7) is 0. The molecular weight excluding hydrogens is 404 g/mol. The quantitative estimate of drug-likeness (QED) is 0.762. The van der Waals surface area contributed by atoms with Gasteiger partial charge in [0, 0.05) is 16.0 Å². The molecule has 0 bridgehead atoms. The van der Waals surface area contributed by atoms with Crippen LogP contribution in [0.25, 0.3) is 0 Å². The van der Waals surface area contributed by atoms with Crippen molar-refractivity contribution in [3.8, 4) is 0 Å². The van der Waals surface area contributed by atoms with E-state index in [9.17, 15) is 13.2 Å². The average Bonchev–Trinajstić information content (AvgIpc) is 3.07. The van der Waals surface area contributed by atoms with E-state index in [1.54, 1.807) is 12.1 Å². The largest absolute Gasteiger partial charge is 0.316 e. The van der Waals surface area contributed by atoms with Crippen LogP contribution >= 0.6 is 23.4 Å². The normalized spacial score (nSPS) is 24.9. The number of benzene rings is 2. The Morgan fingerprint density at radius 2 is 1.81 bits per heavy atom. The topological polar surface area (TPSA) is 66.8 Å². The number of nitrogens with zero attached hydrogens (tertiary/aromatic N) is 2. The molecule has 2 aliphatic heterocycles. The first-order chi connectivity index (χ1) is 12.9. The van der Waals surface area contributed by atoms with E-state index in [1.165, 1.54) is 11.8 Å². The highest BCUT2D eigenvalue weighted by atomic mass is 35.5. The van der Waals surface area contributed by atoms with Gasteiger partial charge in [0.15, 0.2) is 15.0 Å². The lowest BCUT2D eigenvalue weighted by Gasteiger charge is -2.24. The molecule has 2 aromatic rings.